The average Bonchev–Trinajstić information content (AvgIpc) is 2.80. The van der Waals surface area contributed by atoms with E-state index in [9.17, 15) is 9.59 Å². The summed E-state index contributed by atoms with van der Waals surface area (Å²) in [6.45, 7) is 1.84. The number of nitrogens with one attached hydrogen (secondary N) is 1. The van der Waals surface area contributed by atoms with Crippen molar-refractivity contribution in [2.45, 2.75) is 26.2 Å². The van der Waals surface area contributed by atoms with E-state index in [0.717, 1.165) is 30.6 Å². The number of carbonyl (C=O) groups excluding carboxylic acids is 1. The van der Waals surface area contributed by atoms with Gasteiger partial charge in [-0.05, 0) is 38.3 Å². The van der Waals surface area contributed by atoms with Gasteiger partial charge in [0.2, 0.25) is 5.91 Å². The highest BCUT2D eigenvalue weighted by Gasteiger charge is 2.23. The van der Waals surface area contributed by atoms with Crippen LogP contribution in [0.5, 0.6) is 0 Å². The van der Waals surface area contributed by atoms with Gasteiger partial charge < -0.3 is 5.32 Å². The van der Waals surface area contributed by atoms with Crippen LogP contribution in [-0.4, -0.2) is 15.3 Å². The largest absolute Gasteiger partial charge is 0.320 e. The second-order valence-electron chi connectivity index (χ2n) is 5.91. The SMILES string of the molecule is Cc1c(NC(=O)[C@H]2CC=CCC2)c(=O)n(-c2ccccc2)n1C. The molecule has 0 spiro atoms. The van der Waals surface area contributed by atoms with Gasteiger partial charge in [-0.1, -0.05) is 30.4 Å². The monoisotopic (exact) mass is 311 g/mol. The average molecular weight is 311 g/mol. The maximum absolute atomic E-state index is 12.7. The van der Waals surface area contributed by atoms with E-state index in [1.54, 1.807) is 9.36 Å². The Morgan fingerprint density at radius 1 is 1.22 bits per heavy atom. The highest BCUT2D eigenvalue weighted by molar-refractivity contribution is 5.93. The van der Waals surface area contributed by atoms with Crippen LogP contribution in [0.25, 0.3) is 5.69 Å². The van der Waals surface area contributed by atoms with E-state index in [1.807, 2.05) is 50.4 Å². The van der Waals surface area contributed by atoms with Crippen LogP contribution >= 0.6 is 0 Å². The molecule has 23 heavy (non-hydrogen) atoms. The van der Waals surface area contributed by atoms with Gasteiger partial charge >= 0.3 is 0 Å². The molecule has 0 unspecified atom stereocenters. The third kappa shape index (κ3) is 2.86. The van der Waals surface area contributed by atoms with Gasteiger partial charge in [-0.25, -0.2) is 4.68 Å². The number of aromatic nitrogens is 2. The topological polar surface area (TPSA) is 56.0 Å². The molecule has 0 saturated carbocycles. The zero-order valence-electron chi connectivity index (χ0n) is 13.5. The van der Waals surface area contributed by atoms with E-state index in [2.05, 4.69) is 11.4 Å². The van der Waals surface area contributed by atoms with Crippen LogP contribution in [-0.2, 0) is 11.8 Å². The molecule has 0 saturated heterocycles. The first-order chi connectivity index (χ1) is 11.1. The van der Waals surface area contributed by atoms with Crippen molar-refractivity contribution in [1.82, 2.24) is 9.36 Å². The minimum Gasteiger partial charge on any atom is -0.320 e. The molecule has 120 valence electrons. The quantitative estimate of drug-likeness (QED) is 0.886. The number of nitrogens with zero attached hydrogens (tertiary/aromatic N) is 2. The minimum atomic E-state index is -0.198. The fraction of sp³-hybridized carbons (Fsp3) is 0.333. The second-order valence-corrected chi connectivity index (χ2v) is 5.91. The molecule has 0 aliphatic heterocycles. The molecular weight excluding hydrogens is 290 g/mol. The molecule has 0 radical (unpaired) electrons. The lowest BCUT2D eigenvalue weighted by Gasteiger charge is -2.16. The van der Waals surface area contributed by atoms with Gasteiger partial charge in [0.15, 0.2) is 0 Å². The summed E-state index contributed by atoms with van der Waals surface area (Å²) in [6.07, 6.45) is 6.62. The van der Waals surface area contributed by atoms with Gasteiger partial charge in [0, 0.05) is 13.0 Å². The van der Waals surface area contributed by atoms with Crippen molar-refractivity contribution >= 4 is 11.6 Å². The molecule has 0 fully saturated rings. The van der Waals surface area contributed by atoms with Crippen molar-refractivity contribution < 1.29 is 4.79 Å². The number of hydrogen-bond acceptors (Lipinski definition) is 2. The predicted molar refractivity (Wildman–Crippen MR) is 90.9 cm³/mol. The summed E-state index contributed by atoms with van der Waals surface area (Å²) in [5, 5.41) is 2.85. The molecule has 1 atom stereocenters. The number of benzene rings is 1. The second kappa shape index (κ2) is 6.28. The van der Waals surface area contributed by atoms with Crippen molar-refractivity contribution in [3.8, 4) is 5.69 Å². The van der Waals surface area contributed by atoms with Crippen molar-refractivity contribution in [2.24, 2.45) is 13.0 Å². The van der Waals surface area contributed by atoms with Crippen LogP contribution in [0.4, 0.5) is 5.69 Å². The van der Waals surface area contributed by atoms with Crippen LogP contribution in [0.1, 0.15) is 25.0 Å². The number of anilines is 1. The molecule has 1 amide bonds. The number of para-hydroxylation sites is 1. The van der Waals surface area contributed by atoms with Crippen molar-refractivity contribution in [3.05, 3.63) is 58.5 Å². The Kier molecular flexibility index (Phi) is 4.19. The fourth-order valence-electron chi connectivity index (χ4n) is 2.97. The molecule has 5 nitrogen and oxygen atoms in total. The number of rotatable bonds is 3. The molecule has 1 heterocycles. The van der Waals surface area contributed by atoms with Gasteiger partial charge in [0.25, 0.3) is 5.56 Å². The molecule has 2 aromatic rings. The highest BCUT2D eigenvalue weighted by Crippen LogP contribution is 2.21. The fourth-order valence-corrected chi connectivity index (χ4v) is 2.97. The van der Waals surface area contributed by atoms with Gasteiger partial charge in [0.05, 0.1) is 11.4 Å². The number of hydrogen-bond donors (Lipinski definition) is 1. The third-order valence-corrected chi connectivity index (χ3v) is 4.44. The van der Waals surface area contributed by atoms with Crippen LogP contribution < -0.4 is 10.9 Å². The van der Waals surface area contributed by atoms with E-state index in [0.29, 0.717) is 5.69 Å². The van der Waals surface area contributed by atoms with Crippen molar-refractivity contribution in [2.75, 3.05) is 5.32 Å². The summed E-state index contributed by atoms with van der Waals surface area (Å²) >= 11 is 0. The van der Waals surface area contributed by atoms with Crippen LogP contribution in [0.3, 0.4) is 0 Å². The first kappa shape index (κ1) is 15.3. The third-order valence-electron chi connectivity index (χ3n) is 4.44. The maximum atomic E-state index is 12.7. The van der Waals surface area contributed by atoms with Gasteiger partial charge in [-0.2, -0.15) is 0 Å². The summed E-state index contributed by atoms with van der Waals surface area (Å²) < 4.78 is 3.35. The van der Waals surface area contributed by atoms with Crippen LogP contribution in [0.15, 0.2) is 47.3 Å². The van der Waals surface area contributed by atoms with Crippen molar-refractivity contribution in [3.63, 3.8) is 0 Å². The lowest BCUT2D eigenvalue weighted by Crippen LogP contribution is -2.27. The zero-order valence-corrected chi connectivity index (χ0v) is 13.5. The lowest BCUT2D eigenvalue weighted by molar-refractivity contribution is -0.120. The lowest BCUT2D eigenvalue weighted by atomic mass is 9.93. The van der Waals surface area contributed by atoms with E-state index < -0.39 is 0 Å². The number of carbonyl (C=O) groups is 1. The van der Waals surface area contributed by atoms with Gasteiger partial charge in [-0.15, -0.1) is 0 Å². The van der Waals surface area contributed by atoms with Crippen molar-refractivity contribution in [1.29, 1.82) is 0 Å². The molecule has 3 rings (SSSR count). The summed E-state index contributed by atoms with van der Waals surface area (Å²) in [7, 11) is 1.82. The van der Waals surface area contributed by atoms with Crippen LogP contribution in [0.2, 0.25) is 0 Å². The van der Waals surface area contributed by atoms with E-state index in [-0.39, 0.29) is 17.4 Å². The Bertz CT molecular complexity index is 800. The molecule has 1 aromatic heterocycles. The zero-order chi connectivity index (χ0) is 16.4. The first-order valence-corrected chi connectivity index (χ1v) is 7.89. The number of allylic oxidation sites excluding steroid dienone is 2. The standard InChI is InChI=1S/C18H21N3O2/c1-13-16(19-17(22)14-9-5-3-6-10-14)18(23)21(20(13)2)15-11-7-4-8-12-15/h3-5,7-8,11-12,14H,6,9-10H2,1-2H3,(H,19,22)/t14-/m0/s1. The Morgan fingerprint density at radius 3 is 2.61 bits per heavy atom. The smallest absolute Gasteiger partial charge is 0.295 e. The molecule has 1 N–H and O–H groups in total. The Balaban J connectivity index is 1.93. The van der Waals surface area contributed by atoms with Gasteiger partial charge in [0.1, 0.15) is 5.69 Å². The molecule has 0 bridgehead atoms. The summed E-state index contributed by atoms with van der Waals surface area (Å²) in [5.74, 6) is -0.121. The van der Waals surface area contributed by atoms with E-state index in [1.165, 1.54) is 0 Å². The molecule has 1 aromatic carbocycles. The molecule has 1 aliphatic rings. The Hall–Kier alpha value is -2.56. The van der Waals surface area contributed by atoms with Gasteiger partial charge in [-0.3, -0.25) is 14.3 Å². The highest BCUT2D eigenvalue weighted by atomic mass is 16.2. The Morgan fingerprint density at radius 2 is 1.96 bits per heavy atom. The Labute approximate surface area is 135 Å². The van der Waals surface area contributed by atoms with Crippen LogP contribution in [0, 0.1) is 12.8 Å². The minimum absolute atomic E-state index is 0.0517. The summed E-state index contributed by atoms with van der Waals surface area (Å²) in [6, 6.07) is 9.42. The molecular formula is C18H21N3O2. The van der Waals surface area contributed by atoms with E-state index >= 15 is 0 Å². The summed E-state index contributed by atoms with van der Waals surface area (Å²) in [4.78, 5) is 25.2. The normalized spacial score (nSPS) is 17.2. The summed E-state index contributed by atoms with van der Waals surface area (Å²) in [5.41, 5.74) is 1.70. The number of amides is 1. The molecule has 1 aliphatic carbocycles. The predicted octanol–water partition coefficient (Wildman–Crippen LogP) is 2.78. The van der Waals surface area contributed by atoms with E-state index in [4.69, 9.17) is 0 Å². The maximum Gasteiger partial charge on any atom is 0.295 e. The molecule has 5 heteroatoms. The first-order valence-electron chi connectivity index (χ1n) is 7.89.